The highest BCUT2D eigenvalue weighted by Crippen LogP contribution is 2.26. The minimum Gasteiger partial charge on any atom is -0.309 e. The molecule has 1 rings (SSSR count). The number of nitrogens with one attached hydrogen (secondary N) is 1. The SMILES string of the molecule is CCCC(C)C(NCC)c1ncccc1CC. The molecule has 0 aromatic carbocycles. The van der Waals surface area contributed by atoms with E-state index in [4.69, 9.17) is 0 Å². The van der Waals surface area contributed by atoms with Crippen molar-refractivity contribution in [3.05, 3.63) is 29.6 Å². The van der Waals surface area contributed by atoms with Crippen molar-refractivity contribution < 1.29 is 0 Å². The number of rotatable bonds is 7. The average Bonchev–Trinajstić information content (AvgIpc) is 2.36. The molecular weight excluding hydrogens is 208 g/mol. The zero-order chi connectivity index (χ0) is 12.7. The van der Waals surface area contributed by atoms with Crippen LogP contribution in [0.2, 0.25) is 0 Å². The van der Waals surface area contributed by atoms with Gasteiger partial charge in [0.2, 0.25) is 0 Å². The fraction of sp³-hybridized carbons (Fsp3) is 0.667. The molecule has 0 saturated carbocycles. The van der Waals surface area contributed by atoms with Crippen LogP contribution in [0.25, 0.3) is 0 Å². The normalized spacial score (nSPS) is 14.6. The third-order valence-corrected chi connectivity index (χ3v) is 3.34. The average molecular weight is 234 g/mol. The first-order valence-corrected chi connectivity index (χ1v) is 6.91. The van der Waals surface area contributed by atoms with Gasteiger partial charge in [-0.15, -0.1) is 0 Å². The van der Waals surface area contributed by atoms with E-state index < -0.39 is 0 Å². The quantitative estimate of drug-likeness (QED) is 0.777. The summed E-state index contributed by atoms with van der Waals surface area (Å²) in [7, 11) is 0. The topological polar surface area (TPSA) is 24.9 Å². The van der Waals surface area contributed by atoms with Gasteiger partial charge < -0.3 is 5.32 Å². The van der Waals surface area contributed by atoms with Gasteiger partial charge in [-0.2, -0.15) is 0 Å². The maximum absolute atomic E-state index is 4.61. The van der Waals surface area contributed by atoms with E-state index in [0.29, 0.717) is 12.0 Å². The Morgan fingerprint density at radius 3 is 2.65 bits per heavy atom. The zero-order valence-corrected chi connectivity index (χ0v) is 11.7. The van der Waals surface area contributed by atoms with E-state index in [1.54, 1.807) is 0 Å². The van der Waals surface area contributed by atoms with Crippen LogP contribution in [0.1, 0.15) is 57.8 Å². The first-order chi connectivity index (χ1) is 8.24. The van der Waals surface area contributed by atoms with Crippen molar-refractivity contribution in [3.8, 4) is 0 Å². The molecule has 2 unspecified atom stereocenters. The minimum atomic E-state index is 0.399. The van der Waals surface area contributed by atoms with E-state index in [-0.39, 0.29) is 0 Å². The molecule has 0 saturated heterocycles. The second-order valence-corrected chi connectivity index (χ2v) is 4.70. The van der Waals surface area contributed by atoms with Gasteiger partial charge in [0.1, 0.15) is 0 Å². The first-order valence-electron chi connectivity index (χ1n) is 6.91. The van der Waals surface area contributed by atoms with Gasteiger partial charge in [-0.3, -0.25) is 4.98 Å². The minimum absolute atomic E-state index is 0.399. The predicted molar refractivity (Wildman–Crippen MR) is 74.1 cm³/mol. The molecule has 2 heteroatoms. The molecular formula is C15H26N2. The molecule has 96 valence electrons. The molecule has 0 radical (unpaired) electrons. The second-order valence-electron chi connectivity index (χ2n) is 4.70. The van der Waals surface area contributed by atoms with Gasteiger partial charge in [0.25, 0.3) is 0 Å². The van der Waals surface area contributed by atoms with Crippen molar-refractivity contribution >= 4 is 0 Å². The Morgan fingerprint density at radius 1 is 1.29 bits per heavy atom. The fourth-order valence-electron chi connectivity index (χ4n) is 2.44. The van der Waals surface area contributed by atoms with E-state index in [1.807, 2.05) is 12.3 Å². The van der Waals surface area contributed by atoms with Crippen LogP contribution in [-0.2, 0) is 6.42 Å². The standard InChI is InChI=1S/C15H26N2/c1-5-9-12(4)14(16-7-3)15-13(6-2)10-8-11-17-15/h8,10-12,14,16H,5-7,9H2,1-4H3. The summed E-state index contributed by atoms with van der Waals surface area (Å²) in [6.45, 7) is 9.94. The van der Waals surface area contributed by atoms with Crippen LogP contribution in [0.5, 0.6) is 0 Å². The maximum atomic E-state index is 4.61. The summed E-state index contributed by atoms with van der Waals surface area (Å²) in [5.41, 5.74) is 2.62. The van der Waals surface area contributed by atoms with Gasteiger partial charge in [0.15, 0.2) is 0 Å². The van der Waals surface area contributed by atoms with Crippen molar-refractivity contribution in [3.63, 3.8) is 0 Å². The summed E-state index contributed by atoms with van der Waals surface area (Å²) in [5.74, 6) is 0.639. The van der Waals surface area contributed by atoms with E-state index in [0.717, 1.165) is 13.0 Å². The summed E-state index contributed by atoms with van der Waals surface area (Å²) in [5, 5.41) is 3.60. The van der Waals surface area contributed by atoms with Crippen LogP contribution in [0.3, 0.4) is 0 Å². The number of nitrogens with zero attached hydrogens (tertiary/aromatic N) is 1. The van der Waals surface area contributed by atoms with Crippen molar-refractivity contribution in [2.45, 2.75) is 53.0 Å². The van der Waals surface area contributed by atoms with E-state index in [1.165, 1.54) is 24.1 Å². The number of hydrogen-bond donors (Lipinski definition) is 1. The Balaban J connectivity index is 2.95. The van der Waals surface area contributed by atoms with Gasteiger partial charge in [0, 0.05) is 6.20 Å². The highest BCUT2D eigenvalue weighted by atomic mass is 14.9. The molecule has 1 N–H and O–H groups in total. The molecule has 0 aliphatic carbocycles. The lowest BCUT2D eigenvalue weighted by atomic mass is 9.91. The van der Waals surface area contributed by atoms with E-state index in [2.05, 4.69) is 44.1 Å². The lowest BCUT2D eigenvalue weighted by Crippen LogP contribution is -2.28. The van der Waals surface area contributed by atoms with Crippen molar-refractivity contribution in [2.24, 2.45) is 5.92 Å². The fourth-order valence-corrected chi connectivity index (χ4v) is 2.44. The smallest absolute Gasteiger partial charge is 0.0607 e. The third kappa shape index (κ3) is 3.81. The number of aromatic nitrogens is 1. The lowest BCUT2D eigenvalue weighted by Gasteiger charge is -2.25. The van der Waals surface area contributed by atoms with E-state index >= 15 is 0 Å². The van der Waals surface area contributed by atoms with Crippen LogP contribution in [0.15, 0.2) is 18.3 Å². The van der Waals surface area contributed by atoms with Crippen LogP contribution < -0.4 is 5.32 Å². The van der Waals surface area contributed by atoms with E-state index in [9.17, 15) is 0 Å². The molecule has 2 nitrogen and oxygen atoms in total. The number of hydrogen-bond acceptors (Lipinski definition) is 2. The summed E-state index contributed by atoms with van der Waals surface area (Å²) in [6, 6.07) is 4.64. The summed E-state index contributed by atoms with van der Waals surface area (Å²) in [6.07, 6.45) is 5.45. The molecule has 0 aliphatic heterocycles. The Morgan fingerprint density at radius 2 is 2.06 bits per heavy atom. The summed E-state index contributed by atoms with van der Waals surface area (Å²) >= 11 is 0. The molecule has 17 heavy (non-hydrogen) atoms. The molecule has 1 aromatic heterocycles. The lowest BCUT2D eigenvalue weighted by molar-refractivity contribution is 0.360. The monoisotopic (exact) mass is 234 g/mol. The Kier molecular flexibility index (Phi) is 6.20. The third-order valence-electron chi connectivity index (χ3n) is 3.34. The van der Waals surface area contributed by atoms with Crippen LogP contribution in [-0.4, -0.2) is 11.5 Å². The number of pyridine rings is 1. The molecule has 1 aromatic rings. The maximum Gasteiger partial charge on any atom is 0.0607 e. The first kappa shape index (κ1) is 14.2. The van der Waals surface area contributed by atoms with Gasteiger partial charge in [-0.05, 0) is 36.9 Å². The van der Waals surface area contributed by atoms with Gasteiger partial charge in [0.05, 0.1) is 11.7 Å². The number of aryl methyl sites for hydroxylation is 1. The second kappa shape index (κ2) is 7.44. The molecule has 0 fully saturated rings. The van der Waals surface area contributed by atoms with Gasteiger partial charge >= 0.3 is 0 Å². The Labute approximate surface area is 106 Å². The van der Waals surface area contributed by atoms with Crippen LogP contribution in [0, 0.1) is 5.92 Å². The van der Waals surface area contributed by atoms with Crippen LogP contribution >= 0.6 is 0 Å². The predicted octanol–water partition coefficient (Wildman–Crippen LogP) is 3.73. The molecule has 2 atom stereocenters. The molecule has 0 amide bonds. The molecule has 0 aliphatic rings. The zero-order valence-electron chi connectivity index (χ0n) is 11.7. The van der Waals surface area contributed by atoms with Crippen molar-refractivity contribution in [2.75, 3.05) is 6.54 Å². The van der Waals surface area contributed by atoms with Crippen LogP contribution in [0.4, 0.5) is 0 Å². The highest BCUT2D eigenvalue weighted by molar-refractivity contribution is 5.23. The largest absolute Gasteiger partial charge is 0.309 e. The Hall–Kier alpha value is -0.890. The molecule has 0 spiro atoms. The highest BCUT2D eigenvalue weighted by Gasteiger charge is 2.20. The molecule has 1 heterocycles. The van der Waals surface area contributed by atoms with Crippen molar-refractivity contribution in [1.82, 2.24) is 10.3 Å². The van der Waals surface area contributed by atoms with Gasteiger partial charge in [-0.1, -0.05) is 40.2 Å². The summed E-state index contributed by atoms with van der Waals surface area (Å²) in [4.78, 5) is 4.61. The van der Waals surface area contributed by atoms with Gasteiger partial charge in [-0.25, -0.2) is 0 Å². The summed E-state index contributed by atoms with van der Waals surface area (Å²) < 4.78 is 0. The molecule has 0 bridgehead atoms. The van der Waals surface area contributed by atoms with Crippen molar-refractivity contribution in [1.29, 1.82) is 0 Å². The Bertz CT molecular complexity index is 322.